The van der Waals surface area contributed by atoms with Crippen LogP contribution in [-0.4, -0.2) is 27.6 Å². The first-order chi connectivity index (χ1) is 8.97. The number of hydrogen-bond acceptors (Lipinski definition) is 3. The fourth-order valence-electron chi connectivity index (χ4n) is 1.95. The van der Waals surface area contributed by atoms with Gasteiger partial charge in [-0.1, -0.05) is 0 Å². The lowest BCUT2D eigenvalue weighted by Crippen LogP contribution is -2.30. The molecule has 0 aliphatic rings. The minimum absolute atomic E-state index is 0.0824. The van der Waals surface area contributed by atoms with Crippen LogP contribution in [0.15, 0.2) is 17.5 Å². The molecule has 0 saturated heterocycles. The summed E-state index contributed by atoms with van der Waals surface area (Å²) in [6.07, 6.45) is 0. The van der Waals surface area contributed by atoms with Gasteiger partial charge in [-0.15, -0.1) is 11.3 Å². The molecule has 0 aliphatic carbocycles. The number of likely N-dealkylation sites (N-methyl/N-ethyl adjacent to an activating group) is 1. The van der Waals surface area contributed by atoms with Crippen molar-refractivity contribution in [3.63, 3.8) is 0 Å². The van der Waals surface area contributed by atoms with E-state index in [-0.39, 0.29) is 5.91 Å². The number of aryl methyl sites for hydroxylation is 3. The average molecular weight is 277 g/mol. The molecule has 102 valence electrons. The molecule has 0 N–H and O–H groups in total. The molecule has 0 unspecified atom stereocenters. The van der Waals surface area contributed by atoms with Gasteiger partial charge in [0.1, 0.15) is 6.54 Å². The molecule has 2 heterocycles. The van der Waals surface area contributed by atoms with E-state index < -0.39 is 0 Å². The SMILES string of the molecule is Cc1cc(C)n(CC(=O)N(C)Cc2sccc2C)n1. The molecule has 0 aliphatic heterocycles. The Labute approximate surface area is 117 Å². The van der Waals surface area contributed by atoms with Gasteiger partial charge in [-0.3, -0.25) is 9.48 Å². The van der Waals surface area contributed by atoms with Gasteiger partial charge >= 0.3 is 0 Å². The maximum absolute atomic E-state index is 12.2. The van der Waals surface area contributed by atoms with Crippen LogP contribution in [0, 0.1) is 20.8 Å². The molecule has 2 aromatic heterocycles. The lowest BCUT2D eigenvalue weighted by Gasteiger charge is -2.17. The second-order valence-electron chi connectivity index (χ2n) is 4.86. The number of carbonyl (C=O) groups excluding carboxylic acids is 1. The van der Waals surface area contributed by atoms with E-state index in [0.717, 1.165) is 11.4 Å². The van der Waals surface area contributed by atoms with Crippen molar-refractivity contribution in [2.24, 2.45) is 0 Å². The van der Waals surface area contributed by atoms with Gasteiger partial charge in [-0.2, -0.15) is 5.10 Å². The number of aromatic nitrogens is 2. The summed E-state index contributed by atoms with van der Waals surface area (Å²) in [4.78, 5) is 15.2. The van der Waals surface area contributed by atoms with Gasteiger partial charge < -0.3 is 4.90 Å². The molecule has 0 radical (unpaired) electrons. The van der Waals surface area contributed by atoms with Gasteiger partial charge in [-0.05, 0) is 43.8 Å². The Morgan fingerprint density at radius 2 is 2.16 bits per heavy atom. The van der Waals surface area contributed by atoms with E-state index >= 15 is 0 Å². The third-order valence-corrected chi connectivity index (χ3v) is 4.17. The summed E-state index contributed by atoms with van der Waals surface area (Å²) < 4.78 is 1.76. The van der Waals surface area contributed by atoms with E-state index in [9.17, 15) is 4.79 Å². The minimum atomic E-state index is 0.0824. The number of carbonyl (C=O) groups is 1. The van der Waals surface area contributed by atoms with Gasteiger partial charge in [0.15, 0.2) is 0 Å². The van der Waals surface area contributed by atoms with Crippen LogP contribution in [0.2, 0.25) is 0 Å². The molecular weight excluding hydrogens is 258 g/mol. The normalized spacial score (nSPS) is 10.7. The van der Waals surface area contributed by atoms with Crippen LogP contribution in [0.1, 0.15) is 21.8 Å². The zero-order valence-corrected chi connectivity index (χ0v) is 12.6. The zero-order chi connectivity index (χ0) is 14.0. The summed E-state index contributed by atoms with van der Waals surface area (Å²) in [5.74, 6) is 0.0824. The monoisotopic (exact) mass is 277 g/mol. The number of amides is 1. The van der Waals surface area contributed by atoms with Gasteiger partial charge in [0.05, 0.1) is 12.2 Å². The number of rotatable bonds is 4. The van der Waals surface area contributed by atoms with E-state index in [2.05, 4.69) is 23.5 Å². The van der Waals surface area contributed by atoms with Crippen LogP contribution in [0.5, 0.6) is 0 Å². The standard InChI is InChI=1S/C14H19N3OS/c1-10-5-6-19-13(10)8-16(4)14(18)9-17-12(3)7-11(2)15-17/h5-7H,8-9H2,1-4H3. The Hall–Kier alpha value is -1.62. The highest BCUT2D eigenvalue weighted by Crippen LogP contribution is 2.17. The van der Waals surface area contributed by atoms with E-state index in [1.165, 1.54) is 10.4 Å². The summed E-state index contributed by atoms with van der Waals surface area (Å²) in [7, 11) is 1.84. The Bertz CT molecular complexity index is 585. The summed E-state index contributed by atoms with van der Waals surface area (Å²) in [5, 5.41) is 6.38. The molecule has 2 aromatic rings. The first-order valence-corrected chi connectivity index (χ1v) is 7.13. The van der Waals surface area contributed by atoms with Gasteiger partial charge in [-0.25, -0.2) is 0 Å². The third-order valence-electron chi connectivity index (χ3n) is 3.16. The molecule has 4 nitrogen and oxygen atoms in total. The molecule has 0 fully saturated rings. The number of nitrogens with zero attached hydrogens (tertiary/aromatic N) is 3. The quantitative estimate of drug-likeness (QED) is 0.861. The molecule has 0 bridgehead atoms. The van der Waals surface area contributed by atoms with Crippen molar-refractivity contribution in [1.82, 2.24) is 14.7 Å². The summed E-state index contributed by atoms with van der Waals surface area (Å²) >= 11 is 1.69. The highest BCUT2D eigenvalue weighted by molar-refractivity contribution is 7.10. The molecule has 2 rings (SSSR count). The Morgan fingerprint density at radius 1 is 1.42 bits per heavy atom. The van der Waals surface area contributed by atoms with E-state index in [4.69, 9.17) is 0 Å². The molecule has 0 spiro atoms. The van der Waals surface area contributed by atoms with Crippen molar-refractivity contribution >= 4 is 17.2 Å². The van der Waals surface area contributed by atoms with Crippen LogP contribution in [-0.2, 0) is 17.9 Å². The predicted octanol–water partition coefficient (Wildman–Crippen LogP) is 2.53. The number of thiophene rings is 1. The first kappa shape index (κ1) is 13.8. The number of hydrogen-bond donors (Lipinski definition) is 0. The Balaban J connectivity index is 2.00. The molecule has 0 aromatic carbocycles. The molecule has 0 atom stereocenters. The van der Waals surface area contributed by atoms with Gasteiger partial charge in [0.2, 0.25) is 5.91 Å². The molecule has 1 amide bonds. The van der Waals surface area contributed by atoms with Crippen molar-refractivity contribution in [2.75, 3.05) is 7.05 Å². The first-order valence-electron chi connectivity index (χ1n) is 6.25. The van der Waals surface area contributed by atoms with Crippen molar-refractivity contribution in [3.8, 4) is 0 Å². The second-order valence-corrected chi connectivity index (χ2v) is 5.86. The largest absolute Gasteiger partial charge is 0.339 e. The Kier molecular flexibility index (Phi) is 4.04. The predicted molar refractivity (Wildman–Crippen MR) is 77.2 cm³/mol. The average Bonchev–Trinajstić information content (AvgIpc) is 2.86. The third kappa shape index (κ3) is 3.23. The van der Waals surface area contributed by atoms with Crippen molar-refractivity contribution in [2.45, 2.75) is 33.9 Å². The van der Waals surface area contributed by atoms with Crippen molar-refractivity contribution < 1.29 is 4.79 Å². The van der Waals surface area contributed by atoms with Crippen molar-refractivity contribution in [3.05, 3.63) is 39.3 Å². The van der Waals surface area contributed by atoms with E-state index in [1.54, 1.807) is 20.9 Å². The lowest BCUT2D eigenvalue weighted by molar-refractivity contribution is -0.131. The minimum Gasteiger partial charge on any atom is -0.339 e. The molecule has 0 saturated carbocycles. The topological polar surface area (TPSA) is 38.1 Å². The van der Waals surface area contributed by atoms with Crippen LogP contribution in [0.4, 0.5) is 0 Å². The highest BCUT2D eigenvalue weighted by Gasteiger charge is 2.13. The fourth-order valence-corrected chi connectivity index (χ4v) is 2.91. The van der Waals surface area contributed by atoms with Crippen molar-refractivity contribution in [1.29, 1.82) is 0 Å². The maximum Gasteiger partial charge on any atom is 0.244 e. The van der Waals surface area contributed by atoms with Crippen LogP contribution >= 0.6 is 11.3 Å². The molecule has 5 heteroatoms. The van der Waals surface area contributed by atoms with Gasteiger partial charge in [0.25, 0.3) is 0 Å². The van der Waals surface area contributed by atoms with E-state index in [1.807, 2.05) is 27.0 Å². The Morgan fingerprint density at radius 3 is 2.68 bits per heavy atom. The highest BCUT2D eigenvalue weighted by atomic mass is 32.1. The summed E-state index contributed by atoms with van der Waals surface area (Å²) in [5.41, 5.74) is 3.21. The lowest BCUT2D eigenvalue weighted by atomic mass is 10.3. The molecule has 19 heavy (non-hydrogen) atoms. The van der Waals surface area contributed by atoms with Crippen LogP contribution in [0.3, 0.4) is 0 Å². The van der Waals surface area contributed by atoms with E-state index in [0.29, 0.717) is 13.1 Å². The molecular formula is C14H19N3OS. The van der Waals surface area contributed by atoms with Crippen LogP contribution in [0.25, 0.3) is 0 Å². The zero-order valence-electron chi connectivity index (χ0n) is 11.8. The second kappa shape index (κ2) is 5.57. The maximum atomic E-state index is 12.2. The van der Waals surface area contributed by atoms with Crippen LogP contribution < -0.4 is 0 Å². The summed E-state index contributed by atoms with van der Waals surface area (Å²) in [6.45, 7) is 6.96. The van der Waals surface area contributed by atoms with Gasteiger partial charge in [0, 0.05) is 17.6 Å². The summed E-state index contributed by atoms with van der Waals surface area (Å²) in [6, 6.07) is 4.07. The fraction of sp³-hybridized carbons (Fsp3) is 0.429. The smallest absolute Gasteiger partial charge is 0.244 e.